The molecule has 1 atom stereocenters. The zero-order valence-corrected chi connectivity index (χ0v) is 15.3. The summed E-state index contributed by atoms with van der Waals surface area (Å²) in [6.45, 7) is 3.47. The van der Waals surface area contributed by atoms with Crippen LogP contribution in [0.3, 0.4) is 0 Å². The molecule has 0 aliphatic carbocycles. The highest BCUT2D eigenvalue weighted by atomic mass is 32.1. The fourth-order valence-electron chi connectivity index (χ4n) is 3.01. The Morgan fingerprint density at radius 2 is 1.96 bits per heavy atom. The van der Waals surface area contributed by atoms with Crippen LogP contribution in [-0.4, -0.2) is 32.1 Å². The Labute approximate surface area is 153 Å². The molecule has 0 radical (unpaired) electrons. The van der Waals surface area contributed by atoms with E-state index in [0.717, 1.165) is 35.7 Å². The fraction of sp³-hybridized carbons (Fsp3) is 0.333. The molecule has 0 saturated heterocycles. The second-order valence-electron chi connectivity index (χ2n) is 6.11. The molecule has 1 aliphatic rings. The number of amides is 1. The quantitative estimate of drug-likeness (QED) is 0.797. The predicted molar refractivity (Wildman–Crippen MR) is 93.7 cm³/mol. The highest BCUT2D eigenvalue weighted by molar-refractivity contribution is 7.17. The van der Waals surface area contributed by atoms with Crippen molar-refractivity contribution in [3.63, 3.8) is 0 Å². The number of ether oxygens (including phenoxy) is 1. The monoisotopic (exact) mass is 381 g/mol. The van der Waals surface area contributed by atoms with Crippen LogP contribution in [0.15, 0.2) is 18.2 Å². The Kier molecular flexibility index (Phi) is 5.33. The van der Waals surface area contributed by atoms with Crippen LogP contribution in [0.4, 0.5) is 13.8 Å². The average Bonchev–Trinajstić information content (AvgIpc) is 2.91. The lowest BCUT2D eigenvalue weighted by Gasteiger charge is -2.19. The molecule has 0 bridgehead atoms. The van der Waals surface area contributed by atoms with Crippen molar-refractivity contribution in [3.8, 4) is 0 Å². The molecule has 8 heteroatoms. The van der Waals surface area contributed by atoms with Crippen molar-refractivity contribution >= 4 is 28.2 Å². The van der Waals surface area contributed by atoms with Gasteiger partial charge in [0.05, 0.1) is 30.6 Å². The third-order valence-corrected chi connectivity index (χ3v) is 5.40. The molecular weight excluding hydrogens is 362 g/mol. The Bertz CT molecular complexity index is 846. The van der Waals surface area contributed by atoms with Crippen LogP contribution in [0.25, 0.3) is 0 Å². The van der Waals surface area contributed by atoms with E-state index in [1.54, 1.807) is 6.92 Å². The number of thiophene rings is 1. The first-order chi connectivity index (χ1) is 12.4. The van der Waals surface area contributed by atoms with Crippen molar-refractivity contribution in [1.82, 2.24) is 0 Å². The number of hydrogen-bond donors (Lipinski definition) is 2. The zero-order chi connectivity index (χ0) is 18.8. The molecule has 138 valence electrons. The highest BCUT2D eigenvalue weighted by Gasteiger charge is 2.31. The first kappa shape index (κ1) is 18.5. The van der Waals surface area contributed by atoms with E-state index >= 15 is 0 Å². The van der Waals surface area contributed by atoms with E-state index in [4.69, 9.17) is 4.74 Å². The number of carbonyl (C=O) groups excluding carboxylic acids is 2. The summed E-state index contributed by atoms with van der Waals surface area (Å²) in [5.41, 5.74) is 0.476. The van der Waals surface area contributed by atoms with Crippen molar-refractivity contribution < 1.29 is 28.0 Å². The number of hydrogen-bond acceptors (Lipinski definition) is 4. The van der Waals surface area contributed by atoms with Gasteiger partial charge in [0.15, 0.2) is 0 Å². The van der Waals surface area contributed by atoms with E-state index in [1.807, 2.05) is 7.05 Å². The number of benzene rings is 1. The van der Waals surface area contributed by atoms with Gasteiger partial charge in [0.1, 0.15) is 28.7 Å². The standard InChI is InChI=1S/C18H18F2N2O3S/c1-3-25-18(24)14-10-7-8-22(2)9-13(10)26-17(14)21-16(23)15-11(19)5-4-6-12(15)20/h4-6H,3,7-9H2,1-2H3,(H,21,23)/p+1. The molecule has 2 heterocycles. The molecule has 1 aromatic carbocycles. The first-order valence-corrected chi connectivity index (χ1v) is 9.12. The lowest BCUT2D eigenvalue weighted by atomic mass is 10.0. The molecule has 2 aromatic rings. The zero-order valence-electron chi connectivity index (χ0n) is 14.4. The van der Waals surface area contributed by atoms with Crippen LogP contribution >= 0.6 is 11.3 Å². The number of rotatable bonds is 4. The molecule has 1 amide bonds. The van der Waals surface area contributed by atoms with Gasteiger partial charge in [-0.25, -0.2) is 13.6 Å². The molecule has 26 heavy (non-hydrogen) atoms. The van der Waals surface area contributed by atoms with Gasteiger partial charge in [0.2, 0.25) is 0 Å². The SMILES string of the molecule is CCOC(=O)c1c(NC(=O)c2c(F)cccc2F)sc2c1CC[NH+](C)C2. The number of anilines is 1. The third-order valence-electron chi connectivity index (χ3n) is 4.25. The van der Waals surface area contributed by atoms with Gasteiger partial charge in [-0.05, 0) is 24.6 Å². The Balaban J connectivity index is 1.99. The van der Waals surface area contributed by atoms with Crippen LogP contribution < -0.4 is 10.2 Å². The Hall–Kier alpha value is -2.32. The van der Waals surface area contributed by atoms with E-state index < -0.39 is 29.1 Å². The summed E-state index contributed by atoms with van der Waals surface area (Å²) < 4.78 is 32.9. The van der Waals surface area contributed by atoms with Crippen LogP contribution in [0.5, 0.6) is 0 Å². The molecule has 0 spiro atoms. The summed E-state index contributed by atoms with van der Waals surface area (Å²) >= 11 is 1.26. The molecular formula is C18H19F2N2O3S+. The maximum absolute atomic E-state index is 13.9. The number of nitrogens with one attached hydrogen (secondary N) is 2. The lowest BCUT2D eigenvalue weighted by Crippen LogP contribution is -3.08. The second kappa shape index (κ2) is 7.51. The summed E-state index contributed by atoms with van der Waals surface area (Å²) in [6, 6.07) is 3.22. The van der Waals surface area contributed by atoms with Crippen molar-refractivity contribution in [2.45, 2.75) is 19.9 Å². The topological polar surface area (TPSA) is 59.8 Å². The minimum absolute atomic E-state index is 0.198. The normalized spacial score (nSPS) is 16.1. The first-order valence-electron chi connectivity index (χ1n) is 8.30. The van der Waals surface area contributed by atoms with Gasteiger partial charge in [0.25, 0.3) is 5.91 Å². The lowest BCUT2D eigenvalue weighted by molar-refractivity contribution is -0.895. The van der Waals surface area contributed by atoms with Crippen molar-refractivity contribution in [2.75, 3.05) is 25.5 Å². The van der Waals surface area contributed by atoms with Crippen molar-refractivity contribution in [2.24, 2.45) is 0 Å². The van der Waals surface area contributed by atoms with E-state index in [1.165, 1.54) is 22.3 Å². The molecule has 1 unspecified atom stereocenters. The summed E-state index contributed by atoms with van der Waals surface area (Å²) in [4.78, 5) is 27.1. The van der Waals surface area contributed by atoms with Gasteiger partial charge in [0, 0.05) is 6.42 Å². The maximum Gasteiger partial charge on any atom is 0.341 e. The summed E-state index contributed by atoms with van der Waals surface area (Å²) in [6.07, 6.45) is 0.676. The van der Waals surface area contributed by atoms with Gasteiger partial charge in [-0.1, -0.05) is 6.07 Å². The van der Waals surface area contributed by atoms with Crippen LogP contribution in [-0.2, 0) is 17.7 Å². The van der Waals surface area contributed by atoms with E-state index in [9.17, 15) is 18.4 Å². The molecule has 1 aromatic heterocycles. The Morgan fingerprint density at radius 3 is 2.62 bits per heavy atom. The number of likely N-dealkylation sites (N-methyl/N-ethyl adjacent to an activating group) is 1. The highest BCUT2D eigenvalue weighted by Crippen LogP contribution is 2.35. The van der Waals surface area contributed by atoms with Crippen molar-refractivity contribution in [3.05, 3.63) is 51.4 Å². The second-order valence-corrected chi connectivity index (χ2v) is 7.22. The smallest absolute Gasteiger partial charge is 0.341 e. The van der Waals surface area contributed by atoms with Crippen LogP contribution in [0, 0.1) is 11.6 Å². The number of halogens is 2. The minimum atomic E-state index is -0.953. The number of quaternary nitrogens is 1. The molecule has 0 saturated carbocycles. The van der Waals surface area contributed by atoms with Gasteiger partial charge < -0.3 is 15.0 Å². The van der Waals surface area contributed by atoms with E-state index in [2.05, 4.69) is 5.32 Å². The van der Waals surface area contributed by atoms with Crippen LogP contribution in [0.2, 0.25) is 0 Å². The minimum Gasteiger partial charge on any atom is -0.462 e. The van der Waals surface area contributed by atoms with E-state index in [-0.39, 0.29) is 11.6 Å². The summed E-state index contributed by atoms with van der Waals surface area (Å²) in [5.74, 6) is -3.37. The third kappa shape index (κ3) is 3.47. The maximum atomic E-state index is 13.9. The fourth-order valence-corrected chi connectivity index (χ4v) is 4.35. The Morgan fingerprint density at radius 1 is 1.27 bits per heavy atom. The molecule has 1 aliphatic heterocycles. The summed E-state index contributed by atoms with van der Waals surface area (Å²) in [7, 11) is 2.04. The van der Waals surface area contributed by atoms with E-state index in [0.29, 0.717) is 12.0 Å². The largest absolute Gasteiger partial charge is 0.462 e. The molecule has 3 rings (SSSR count). The van der Waals surface area contributed by atoms with Gasteiger partial charge in [-0.15, -0.1) is 11.3 Å². The van der Waals surface area contributed by atoms with Crippen LogP contribution in [0.1, 0.15) is 38.1 Å². The van der Waals surface area contributed by atoms with Gasteiger partial charge in [-0.3, -0.25) is 4.79 Å². The number of fused-ring (bicyclic) bond motifs is 1. The predicted octanol–water partition coefficient (Wildman–Crippen LogP) is 2.03. The molecule has 5 nitrogen and oxygen atoms in total. The van der Waals surface area contributed by atoms with Crippen molar-refractivity contribution in [1.29, 1.82) is 0 Å². The summed E-state index contributed by atoms with van der Waals surface area (Å²) in [5, 5.41) is 2.78. The number of esters is 1. The molecule has 2 N–H and O–H groups in total. The number of carbonyl (C=O) groups is 2. The molecule has 0 fully saturated rings. The van der Waals surface area contributed by atoms with Gasteiger partial charge >= 0.3 is 5.97 Å². The van der Waals surface area contributed by atoms with Gasteiger partial charge in [-0.2, -0.15) is 0 Å². The average molecular weight is 381 g/mol.